The van der Waals surface area contributed by atoms with Crippen molar-refractivity contribution >= 4 is 27.3 Å². The van der Waals surface area contributed by atoms with Crippen molar-refractivity contribution in [3.8, 4) is 17.0 Å². The summed E-state index contributed by atoms with van der Waals surface area (Å²) in [6.07, 6.45) is 2.10. The SMILES string of the molecule is COc1ccc(-c2csc(C3(N)CC3)n2)cc1Br. The number of benzene rings is 1. The van der Waals surface area contributed by atoms with E-state index in [-0.39, 0.29) is 5.54 Å². The third kappa shape index (κ3) is 2.06. The number of nitrogens with zero attached hydrogens (tertiary/aromatic N) is 1. The first kappa shape index (κ1) is 12.1. The molecule has 2 N–H and O–H groups in total. The fraction of sp³-hybridized carbons (Fsp3) is 0.308. The van der Waals surface area contributed by atoms with Crippen molar-refractivity contribution in [3.05, 3.63) is 33.1 Å². The maximum absolute atomic E-state index is 6.15. The van der Waals surface area contributed by atoms with E-state index in [1.165, 1.54) is 0 Å². The van der Waals surface area contributed by atoms with Crippen molar-refractivity contribution in [1.29, 1.82) is 0 Å². The Kier molecular flexibility index (Phi) is 2.92. The average Bonchev–Trinajstić information content (AvgIpc) is 2.94. The Morgan fingerprint density at radius 2 is 2.22 bits per heavy atom. The monoisotopic (exact) mass is 324 g/mol. The van der Waals surface area contributed by atoms with E-state index < -0.39 is 0 Å². The molecule has 3 nitrogen and oxygen atoms in total. The number of hydrogen-bond donors (Lipinski definition) is 1. The Bertz CT molecular complexity index is 592. The van der Waals surface area contributed by atoms with Crippen LogP contribution in [0.25, 0.3) is 11.3 Å². The number of rotatable bonds is 3. The summed E-state index contributed by atoms with van der Waals surface area (Å²) in [7, 11) is 1.66. The molecule has 0 bridgehead atoms. The van der Waals surface area contributed by atoms with E-state index in [9.17, 15) is 0 Å². The van der Waals surface area contributed by atoms with Gasteiger partial charge in [-0.1, -0.05) is 0 Å². The molecule has 1 aliphatic carbocycles. The Morgan fingerprint density at radius 1 is 1.44 bits per heavy atom. The van der Waals surface area contributed by atoms with Gasteiger partial charge in [-0.2, -0.15) is 0 Å². The van der Waals surface area contributed by atoms with Crippen LogP contribution in [-0.4, -0.2) is 12.1 Å². The number of methoxy groups -OCH3 is 1. The molecular formula is C13H13BrN2OS. The average molecular weight is 325 g/mol. The highest BCUT2D eigenvalue weighted by Crippen LogP contribution is 2.44. The summed E-state index contributed by atoms with van der Waals surface area (Å²) in [6.45, 7) is 0. The second-order valence-corrected chi connectivity index (χ2v) is 6.26. The zero-order chi connectivity index (χ0) is 12.8. The quantitative estimate of drug-likeness (QED) is 0.939. The molecule has 0 saturated heterocycles. The van der Waals surface area contributed by atoms with Gasteiger partial charge in [-0.25, -0.2) is 4.98 Å². The van der Waals surface area contributed by atoms with Gasteiger partial charge < -0.3 is 10.5 Å². The van der Waals surface area contributed by atoms with Crippen molar-refractivity contribution < 1.29 is 4.74 Å². The van der Waals surface area contributed by atoms with Crippen molar-refractivity contribution in [3.63, 3.8) is 0 Å². The lowest BCUT2D eigenvalue weighted by atomic mass is 10.1. The van der Waals surface area contributed by atoms with Crippen LogP contribution < -0.4 is 10.5 Å². The highest BCUT2D eigenvalue weighted by Gasteiger charge is 2.42. The van der Waals surface area contributed by atoms with Crippen LogP contribution in [0.15, 0.2) is 28.1 Å². The Balaban J connectivity index is 1.95. The third-order valence-corrected chi connectivity index (χ3v) is 4.85. The Labute approximate surface area is 118 Å². The first-order valence-corrected chi connectivity index (χ1v) is 7.38. The minimum atomic E-state index is -0.146. The summed E-state index contributed by atoms with van der Waals surface area (Å²) in [5, 5.41) is 3.11. The number of ether oxygens (including phenoxy) is 1. The molecule has 0 radical (unpaired) electrons. The third-order valence-electron chi connectivity index (χ3n) is 3.17. The van der Waals surface area contributed by atoms with Crippen molar-refractivity contribution in [2.45, 2.75) is 18.4 Å². The lowest BCUT2D eigenvalue weighted by Gasteiger charge is -2.05. The summed E-state index contributed by atoms with van der Waals surface area (Å²) < 4.78 is 6.16. The number of aromatic nitrogens is 1. The first-order valence-electron chi connectivity index (χ1n) is 5.71. The zero-order valence-corrected chi connectivity index (χ0v) is 12.3. The van der Waals surface area contributed by atoms with Crippen LogP contribution in [-0.2, 0) is 5.54 Å². The zero-order valence-electron chi connectivity index (χ0n) is 9.94. The van der Waals surface area contributed by atoms with Gasteiger partial charge in [-0.05, 0) is 47.0 Å². The van der Waals surface area contributed by atoms with Crippen LogP contribution in [0, 0.1) is 0 Å². The molecule has 94 valence electrons. The van der Waals surface area contributed by atoms with Gasteiger partial charge in [0.15, 0.2) is 0 Å². The van der Waals surface area contributed by atoms with Gasteiger partial charge in [-0.15, -0.1) is 11.3 Å². The molecule has 5 heteroatoms. The number of nitrogens with two attached hydrogens (primary N) is 1. The molecule has 1 aromatic carbocycles. The van der Waals surface area contributed by atoms with Gasteiger partial charge in [-0.3, -0.25) is 0 Å². The summed E-state index contributed by atoms with van der Waals surface area (Å²) in [5.74, 6) is 0.826. The summed E-state index contributed by atoms with van der Waals surface area (Å²) >= 11 is 5.14. The summed E-state index contributed by atoms with van der Waals surface area (Å²) in [4.78, 5) is 4.64. The second kappa shape index (κ2) is 4.33. The molecule has 1 heterocycles. The summed E-state index contributed by atoms with van der Waals surface area (Å²) in [5.41, 5.74) is 8.07. The molecule has 2 aromatic rings. The highest BCUT2D eigenvalue weighted by atomic mass is 79.9. The van der Waals surface area contributed by atoms with Gasteiger partial charge in [0.05, 0.1) is 22.8 Å². The molecule has 0 amide bonds. The number of halogens is 1. The summed E-state index contributed by atoms with van der Waals surface area (Å²) in [6, 6.07) is 5.97. The van der Waals surface area contributed by atoms with Gasteiger partial charge in [0.2, 0.25) is 0 Å². The van der Waals surface area contributed by atoms with Crippen LogP contribution in [0.4, 0.5) is 0 Å². The lowest BCUT2D eigenvalue weighted by molar-refractivity contribution is 0.412. The number of hydrogen-bond acceptors (Lipinski definition) is 4. The molecule has 1 aliphatic rings. The standard InChI is InChI=1S/C13H13BrN2OS/c1-17-11-3-2-8(6-9(11)14)10-7-18-12(16-10)13(15)4-5-13/h2-3,6-7H,4-5,15H2,1H3. The van der Waals surface area contributed by atoms with Crippen LogP contribution in [0.3, 0.4) is 0 Å². The lowest BCUT2D eigenvalue weighted by Crippen LogP contribution is -2.18. The van der Waals surface area contributed by atoms with E-state index in [1.54, 1.807) is 18.4 Å². The Hall–Kier alpha value is -0.910. The van der Waals surface area contributed by atoms with E-state index in [0.29, 0.717) is 0 Å². The smallest absolute Gasteiger partial charge is 0.133 e. The van der Waals surface area contributed by atoms with Crippen LogP contribution in [0.1, 0.15) is 17.8 Å². The maximum atomic E-state index is 6.15. The van der Waals surface area contributed by atoms with Crippen LogP contribution in [0.5, 0.6) is 5.75 Å². The predicted octanol–water partition coefficient (Wildman–Crippen LogP) is 3.53. The van der Waals surface area contributed by atoms with Gasteiger partial charge in [0.25, 0.3) is 0 Å². The molecule has 1 aromatic heterocycles. The normalized spacial score (nSPS) is 16.6. The molecule has 1 fully saturated rings. The largest absolute Gasteiger partial charge is 0.496 e. The molecule has 0 spiro atoms. The predicted molar refractivity (Wildman–Crippen MR) is 76.9 cm³/mol. The molecule has 0 atom stereocenters. The van der Waals surface area contributed by atoms with E-state index in [1.807, 2.05) is 18.2 Å². The van der Waals surface area contributed by atoms with E-state index in [0.717, 1.165) is 39.3 Å². The highest BCUT2D eigenvalue weighted by molar-refractivity contribution is 9.10. The molecule has 18 heavy (non-hydrogen) atoms. The number of thiazole rings is 1. The van der Waals surface area contributed by atoms with E-state index in [2.05, 4.69) is 26.3 Å². The molecule has 0 aliphatic heterocycles. The van der Waals surface area contributed by atoms with Gasteiger partial charge >= 0.3 is 0 Å². The van der Waals surface area contributed by atoms with Crippen molar-refractivity contribution in [1.82, 2.24) is 4.98 Å². The van der Waals surface area contributed by atoms with Gasteiger partial charge in [0.1, 0.15) is 10.8 Å². The minimum Gasteiger partial charge on any atom is -0.496 e. The maximum Gasteiger partial charge on any atom is 0.133 e. The van der Waals surface area contributed by atoms with Crippen LogP contribution in [0.2, 0.25) is 0 Å². The minimum absolute atomic E-state index is 0.146. The second-order valence-electron chi connectivity index (χ2n) is 4.54. The van der Waals surface area contributed by atoms with E-state index in [4.69, 9.17) is 10.5 Å². The van der Waals surface area contributed by atoms with Crippen molar-refractivity contribution in [2.24, 2.45) is 5.73 Å². The Morgan fingerprint density at radius 3 is 2.83 bits per heavy atom. The van der Waals surface area contributed by atoms with Crippen molar-refractivity contribution in [2.75, 3.05) is 7.11 Å². The molecular weight excluding hydrogens is 312 g/mol. The molecule has 1 saturated carbocycles. The van der Waals surface area contributed by atoms with Crippen LogP contribution >= 0.6 is 27.3 Å². The fourth-order valence-corrected chi connectivity index (χ4v) is 3.35. The molecule has 3 rings (SSSR count). The molecule has 0 unspecified atom stereocenters. The van der Waals surface area contributed by atoms with E-state index >= 15 is 0 Å². The fourth-order valence-electron chi connectivity index (χ4n) is 1.81. The first-order chi connectivity index (χ1) is 8.62. The topological polar surface area (TPSA) is 48.1 Å². The van der Waals surface area contributed by atoms with Gasteiger partial charge in [0, 0.05) is 10.9 Å².